The number of fused-ring (bicyclic) bond motifs is 1. The topological polar surface area (TPSA) is 33.1 Å². The largest absolute Gasteiger partial charge is 0.396 e. The van der Waals surface area contributed by atoms with Gasteiger partial charge in [-0.05, 0) is 41.8 Å². The molecule has 0 saturated heterocycles. The first kappa shape index (κ1) is 16.7. The normalized spacial score (nSPS) is 11.0. The van der Waals surface area contributed by atoms with Gasteiger partial charge in [0.05, 0.1) is 5.69 Å². The third-order valence-corrected chi connectivity index (χ3v) is 4.52. The Morgan fingerprint density at radius 2 is 1.50 bits per heavy atom. The minimum Gasteiger partial charge on any atom is -0.396 e. The van der Waals surface area contributed by atoms with Crippen LogP contribution in [0.1, 0.15) is 42.5 Å². The van der Waals surface area contributed by atoms with Crippen molar-refractivity contribution in [2.24, 2.45) is 0 Å². The molecule has 0 aliphatic rings. The van der Waals surface area contributed by atoms with Crippen LogP contribution in [0.5, 0.6) is 0 Å². The summed E-state index contributed by atoms with van der Waals surface area (Å²) in [5.41, 5.74) is 3.85. The number of benzene rings is 2. The molecule has 0 atom stereocenters. The number of hydrogen-bond acceptors (Lipinski definition) is 2. The predicted molar refractivity (Wildman–Crippen MR) is 100 cm³/mol. The summed E-state index contributed by atoms with van der Waals surface area (Å²) in [6, 6.07) is 19.4. The van der Waals surface area contributed by atoms with E-state index in [1.807, 2.05) is 6.20 Å². The van der Waals surface area contributed by atoms with Crippen LogP contribution in [0, 0.1) is 0 Å². The number of aryl methyl sites for hydroxylation is 1. The quantitative estimate of drug-likeness (QED) is 0.598. The number of aliphatic hydroxyl groups is 1. The lowest BCUT2D eigenvalue weighted by Crippen LogP contribution is -1.94. The van der Waals surface area contributed by atoms with Crippen LogP contribution in [-0.2, 0) is 12.8 Å². The van der Waals surface area contributed by atoms with E-state index in [4.69, 9.17) is 5.11 Å². The van der Waals surface area contributed by atoms with Crippen LogP contribution in [0.15, 0.2) is 60.8 Å². The van der Waals surface area contributed by atoms with E-state index in [1.54, 1.807) is 0 Å². The maximum atomic E-state index is 8.80. The molecular formula is C22H25NO. The molecule has 1 N–H and O–H groups in total. The summed E-state index contributed by atoms with van der Waals surface area (Å²) in [5, 5.41) is 11.3. The molecule has 0 bridgehead atoms. The summed E-state index contributed by atoms with van der Waals surface area (Å²) in [6.07, 6.45) is 8.35. The van der Waals surface area contributed by atoms with Gasteiger partial charge in [-0.1, -0.05) is 61.4 Å². The number of hydrogen-bond donors (Lipinski definition) is 1. The highest BCUT2D eigenvalue weighted by atomic mass is 16.2. The maximum absolute atomic E-state index is 8.80. The van der Waals surface area contributed by atoms with Crippen LogP contribution < -0.4 is 0 Å². The molecule has 0 aliphatic heterocycles. The lowest BCUT2D eigenvalue weighted by molar-refractivity contribution is 0.282. The maximum Gasteiger partial charge on any atom is 0.0525 e. The molecule has 24 heavy (non-hydrogen) atoms. The number of rotatable bonds is 8. The molecule has 0 unspecified atom stereocenters. The van der Waals surface area contributed by atoms with Crippen molar-refractivity contribution >= 4 is 10.8 Å². The van der Waals surface area contributed by atoms with E-state index in [1.165, 1.54) is 34.7 Å². The van der Waals surface area contributed by atoms with Gasteiger partial charge in [-0.3, -0.25) is 4.98 Å². The molecule has 2 aromatic carbocycles. The van der Waals surface area contributed by atoms with Crippen molar-refractivity contribution in [2.45, 2.75) is 38.5 Å². The summed E-state index contributed by atoms with van der Waals surface area (Å²) in [6.45, 7) is 0.316. The minimum atomic E-state index is 0.316. The average molecular weight is 319 g/mol. The van der Waals surface area contributed by atoms with Crippen LogP contribution >= 0.6 is 0 Å². The third-order valence-electron chi connectivity index (χ3n) is 4.52. The van der Waals surface area contributed by atoms with Crippen molar-refractivity contribution in [3.05, 3.63) is 77.6 Å². The van der Waals surface area contributed by atoms with Gasteiger partial charge in [0.25, 0.3) is 0 Å². The van der Waals surface area contributed by atoms with Crippen molar-refractivity contribution < 1.29 is 5.11 Å². The van der Waals surface area contributed by atoms with E-state index in [9.17, 15) is 0 Å². The van der Waals surface area contributed by atoms with Gasteiger partial charge in [0, 0.05) is 24.6 Å². The second-order valence-electron chi connectivity index (χ2n) is 6.36. The summed E-state index contributed by atoms with van der Waals surface area (Å²) in [4.78, 5) is 4.58. The van der Waals surface area contributed by atoms with E-state index in [0.29, 0.717) is 6.61 Å². The fourth-order valence-corrected chi connectivity index (χ4v) is 3.13. The Balaban J connectivity index is 1.61. The minimum absolute atomic E-state index is 0.316. The van der Waals surface area contributed by atoms with Crippen LogP contribution in [0.2, 0.25) is 0 Å². The van der Waals surface area contributed by atoms with Gasteiger partial charge in [0.2, 0.25) is 0 Å². The molecule has 0 radical (unpaired) electrons. The van der Waals surface area contributed by atoms with Gasteiger partial charge >= 0.3 is 0 Å². The zero-order valence-electron chi connectivity index (χ0n) is 14.1. The second-order valence-corrected chi connectivity index (χ2v) is 6.36. The van der Waals surface area contributed by atoms with Gasteiger partial charge in [0.15, 0.2) is 0 Å². The van der Waals surface area contributed by atoms with E-state index in [2.05, 4.69) is 59.6 Å². The monoisotopic (exact) mass is 319 g/mol. The highest BCUT2D eigenvalue weighted by Crippen LogP contribution is 2.19. The van der Waals surface area contributed by atoms with Gasteiger partial charge in [0.1, 0.15) is 0 Å². The van der Waals surface area contributed by atoms with Crippen molar-refractivity contribution in [3.63, 3.8) is 0 Å². The molecule has 0 aliphatic carbocycles. The Hall–Kier alpha value is -2.19. The molecule has 2 nitrogen and oxygen atoms in total. The second kappa shape index (κ2) is 8.60. The Bertz CT molecular complexity index is 759. The SMILES string of the molecule is OCCCCCCc1ccc(Cc2nccc3ccccc23)cc1. The first-order valence-corrected chi connectivity index (χ1v) is 8.88. The van der Waals surface area contributed by atoms with Crippen LogP contribution in [0.25, 0.3) is 10.8 Å². The Kier molecular flexibility index (Phi) is 5.97. The molecule has 0 saturated carbocycles. The number of pyridine rings is 1. The Labute approximate surface area is 144 Å². The summed E-state index contributed by atoms with van der Waals surface area (Å²) in [7, 11) is 0. The average Bonchev–Trinajstić information content (AvgIpc) is 2.63. The number of aliphatic hydroxyl groups excluding tert-OH is 1. The molecule has 0 amide bonds. The lowest BCUT2D eigenvalue weighted by atomic mass is 10.0. The van der Waals surface area contributed by atoms with Gasteiger partial charge < -0.3 is 5.11 Å². The smallest absolute Gasteiger partial charge is 0.0525 e. The number of aromatic nitrogens is 1. The zero-order valence-corrected chi connectivity index (χ0v) is 14.1. The van der Waals surface area contributed by atoms with E-state index >= 15 is 0 Å². The zero-order chi connectivity index (χ0) is 16.6. The molecule has 3 aromatic rings. The van der Waals surface area contributed by atoms with Crippen molar-refractivity contribution in [1.82, 2.24) is 4.98 Å². The third kappa shape index (κ3) is 4.42. The Morgan fingerprint density at radius 1 is 0.750 bits per heavy atom. The van der Waals surface area contributed by atoms with Crippen LogP contribution in [0.4, 0.5) is 0 Å². The van der Waals surface area contributed by atoms with Gasteiger partial charge in [-0.15, -0.1) is 0 Å². The van der Waals surface area contributed by atoms with Crippen molar-refractivity contribution in [3.8, 4) is 0 Å². The molecule has 2 heteroatoms. The summed E-state index contributed by atoms with van der Waals surface area (Å²) in [5.74, 6) is 0. The van der Waals surface area contributed by atoms with E-state index in [-0.39, 0.29) is 0 Å². The molecule has 0 fully saturated rings. The first-order chi connectivity index (χ1) is 11.9. The molecule has 3 rings (SSSR count). The molecular weight excluding hydrogens is 294 g/mol. The molecule has 0 spiro atoms. The highest BCUT2D eigenvalue weighted by molar-refractivity contribution is 5.84. The standard InChI is InChI=1S/C22H25NO/c24-16-6-2-1-3-7-18-10-12-19(13-11-18)17-22-21-9-5-4-8-20(21)14-15-23-22/h4-5,8-15,24H,1-3,6-7,16-17H2. The van der Waals surface area contributed by atoms with Gasteiger partial charge in [-0.25, -0.2) is 0 Å². The highest BCUT2D eigenvalue weighted by Gasteiger charge is 2.03. The van der Waals surface area contributed by atoms with Crippen LogP contribution in [0.3, 0.4) is 0 Å². The predicted octanol–water partition coefficient (Wildman–Crippen LogP) is 4.92. The lowest BCUT2D eigenvalue weighted by Gasteiger charge is -2.07. The fourth-order valence-electron chi connectivity index (χ4n) is 3.13. The van der Waals surface area contributed by atoms with E-state index < -0.39 is 0 Å². The molecule has 1 aromatic heterocycles. The van der Waals surface area contributed by atoms with Crippen molar-refractivity contribution in [2.75, 3.05) is 6.61 Å². The summed E-state index contributed by atoms with van der Waals surface area (Å²) < 4.78 is 0. The van der Waals surface area contributed by atoms with E-state index in [0.717, 1.165) is 31.4 Å². The molecule has 1 heterocycles. The fraction of sp³-hybridized carbons (Fsp3) is 0.318. The molecule has 124 valence electrons. The first-order valence-electron chi connectivity index (χ1n) is 8.88. The van der Waals surface area contributed by atoms with Gasteiger partial charge in [-0.2, -0.15) is 0 Å². The number of nitrogens with zero attached hydrogens (tertiary/aromatic N) is 1. The van der Waals surface area contributed by atoms with Crippen molar-refractivity contribution in [1.29, 1.82) is 0 Å². The number of unbranched alkanes of at least 4 members (excludes halogenated alkanes) is 3. The Morgan fingerprint density at radius 3 is 2.33 bits per heavy atom. The summed E-state index contributed by atoms with van der Waals surface area (Å²) >= 11 is 0. The van der Waals surface area contributed by atoms with Crippen LogP contribution in [-0.4, -0.2) is 16.7 Å².